The van der Waals surface area contributed by atoms with Crippen LogP contribution in [0, 0.1) is 0 Å². The molecule has 1 aromatic rings. The van der Waals surface area contributed by atoms with E-state index < -0.39 is 11.4 Å². The van der Waals surface area contributed by atoms with E-state index in [1.807, 2.05) is 44.2 Å². The summed E-state index contributed by atoms with van der Waals surface area (Å²) in [5.41, 5.74) is 0.516. The molecule has 2 aliphatic heterocycles. The van der Waals surface area contributed by atoms with E-state index >= 15 is 0 Å². The van der Waals surface area contributed by atoms with Gasteiger partial charge in [0.1, 0.15) is 19.3 Å². The van der Waals surface area contributed by atoms with Gasteiger partial charge in [-0.3, -0.25) is 0 Å². The highest BCUT2D eigenvalue weighted by atomic mass is 17.2. The Balaban J connectivity index is 2.03. The Kier molecular flexibility index (Phi) is 2.48. The van der Waals surface area contributed by atoms with Crippen molar-refractivity contribution in [3.8, 4) is 0 Å². The Hall–Kier alpha value is -0.940. The first kappa shape index (κ1) is 11.2. The van der Waals surface area contributed by atoms with Crippen LogP contribution in [0.5, 0.6) is 0 Å². The third-order valence-corrected chi connectivity index (χ3v) is 3.21. The molecule has 4 nitrogen and oxygen atoms in total. The van der Waals surface area contributed by atoms with Crippen LogP contribution in [-0.4, -0.2) is 25.1 Å². The second-order valence-electron chi connectivity index (χ2n) is 4.91. The molecule has 2 saturated heterocycles. The van der Waals surface area contributed by atoms with E-state index in [9.17, 15) is 0 Å². The van der Waals surface area contributed by atoms with E-state index in [4.69, 9.17) is 19.2 Å². The predicted molar refractivity (Wildman–Crippen MR) is 60.1 cm³/mol. The zero-order chi connectivity index (χ0) is 11.9. The van der Waals surface area contributed by atoms with E-state index in [2.05, 4.69) is 0 Å². The highest BCUT2D eigenvalue weighted by Gasteiger charge is 2.56. The third-order valence-electron chi connectivity index (χ3n) is 3.21. The molecule has 1 aromatic carbocycles. The lowest BCUT2D eigenvalue weighted by molar-refractivity contribution is -0.359. The molecule has 2 fully saturated rings. The van der Waals surface area contributed by atoms with Crippen LogP contribution >= 0.6 is 0 Å². The summed E-state index contributed by atoms with van der Waals surface area (Å²) in [6.45, 7) is 4.56. The van der Waals surface area contributed by atoms with Crippen LogP contribution in [-0.2, 0) is 24.8 Å². The summed E-state index contributed by atoms with van der Waals surface area (Å²) in [6.07, 6.45) is -0.131. The molecular weight excluding hydrogens is 220 g/mol. The van der Waals surface area contributed by atoms with E-state index in [0.29, 0.717) is 13.2 Å². The van der Waals surface area contributed by atoms with Crippen molar-refractivity contribution in [3.63, 3.8) is 0 Å². The topological polar surface area (TPSA) is 36.9 Å². The number of hydrogen-bond acceptors (Lipinski definition) is 4. The molecule has 92 valence electrons. The lowest BCUT2D eigenvalue weighted by Gasteiger charge is -2.35. The largest absolute Gasteiger partial charge is 0.341 e. The fraction of sp³-hybridized carbons (Fsp3) is 0.538. The minimum atomic E-state index is -0.614. The van der Waals surface area contributed by atoms with Crippen molar-refractivity contribution < 1.29 is 19.2 Å². The van der Waals surface area contributed by atoms with Gasteiger partial charge < -0.3 is 9.47 Å². The summed E-state index contributed by atoms with van der Waals surface area (Å²) in [5.74, 6) is -0.614. The van der Waals surface area contributed by atoms with Crippen molar-refractivity contribution >= 4 is 0 Å². The molecule has 0 unspecified atom stereocenters. The maximum Gasteiger partial charge on any atom is 0.164 e. The molecule has 0 amide bonds. The van der Waals surface area contributed by atoms with Gasteiger partial charge in [0.25, 0.3) is 0 Å². The third kappa shape index (κ3) is 1.77. The molecule has 17 heavy (non-hydrogen) atoms. The number of fused-ring (bicyclic) bond motifs is 1. The predicted octanol–water partition coefficient (Wildman–Crippen LogP) is 2.00. The second kappa shape index (κ2) is 3.78. The molecule has 0 spiro atoms. The van der Waals surface area contributed by atoms with Gasteiger partial charge in [0.15, 0.2) is 11.4 Å². The second-order valence-corrected chi connectivity index (χ2v) is 4.91. The molecule has 0 bridgehead atoms. The molecule has 0 aliphatic carbocycles. The lowest BCUT2D eigenvalue weighted by atomic mass is 9.89. The standard InChI is InChI=1S/C13H16O4/c1-12(2)16-11-8-14-15-9-13(11,17-12)10-6-4-3-5-7-10/h3-7,11H,8-9H2,1-2H3/t11-,13-/m1/s1. The van der Waals surface area contributed by atoms with Crippen molar-refractivity contribution in [1.29, 1.82) is 0 Å². The minimum absolute atomic E-state index is 0.131. The smallest absolute Gasteiger partial charge is 0.164 e. The lowest BCUT2D eigenvalue weighted by Crippen LogP contribution is -2.47. The molecule has 0 saturated carbocycles. The van der Waals surface area contributed by atoms with Gasteiger partial charge in [0.2, 0.25) is 0 Å². The van der Waals surface area contributed by atoms with Gasteiger partial charge in [0, 0.05) is 0 Å². The van der Waals surface area contributed by atoms with Crippen LogP contribution in [0.3, 0.4) is 0 Å². The van der Waals surface area contributed by atoms with Crippen molar-refractivity contribution in [2.45, 2.75) is 31.3 Å². The average molecular weight is 236 g/mol. The molecule has 4 heteroatoms. The Bertz CT molecular complexity index is 403. The van der Waals surface area contributed by atoms with Gasteiger partial charge in [-0.15, -0.1) is 0 Å². The Morgan fingerprint density at radius 1 is 1.12 bits per heavy atom. The van der Waals surface area contributed by atoms with Crippen LogP contribution < -0.4 is 0 Å². The minimum Gasteiger partial charge on any atom is -0.341 e. The summed E-state index contributed by atoms with van der Waals surface area (Å²) >= 11 is 0. The van der Waals surface area contributed by atoms with Crippen molar-refractivity contribution in [2.75, 3.05) is 13.2 Å². The van der Waals surface area contributed by atoms with E-state index in [0.717, 1.165) is 5.56 Å². The first-order chi connectivity index (χ1) is 8.12. The number of ether oxygens (including phenoxy) is 2. The summed E-state index contributed by atoms with van der Waals surface area (Å²) < 4.78 is 12.0. The Morgan fingerprint density at radius 3 is 2.65 bits per heavy atom. The summed E-state index contributed by atoms with van der Waals surface area (Å²) in [6, 6.07) is 10.0. The van der Waals surface area contributed by atoms with E-state index in [-0.39, 0.29) is 6.10 Å². The molecule has 0 N–H and O–H groups in total. The van der Waals surface area contributed by atoms with Crippen molar-refractivity contribution in [2.24, 2.45) is 0 Å². The fourth-order valence-corrected chi connectivity index (χ4v) is 2.54. The van der Waals surface area contributed by atoms with Gasteiger partial charge in [-0.05, 0) is 19.4 Å². The zero-order valence-electron chi connectivity index (χ0n) is 10.0. The maximum absolute atomic E-state index is 6.10. The van der Waals surface area contributed by atoms with Gasteiger partial charge in [-0.1, -0.05) is 30.3 Å². The Labute approximate surface area is 100 Å². The van der Waals surface area contributed by atoms with Gasteiger partial charge in [-0.2, -0.15) is 0 Å². The molecule has 0 radical (unpaired) electrons. The van der Waals surface area contributed by atoms with E-state index in [1.54, 1.807) is 0 Å². The molecule has 2 heterocycles. The van der Waals surface area contributed by atoms with Crippen LogP contribution in [0.2, 0.25) is 0 Å². The highest BCUT2D eigenvalue weighted by molar-refractivity contribution is 5.26. The number of rotatable bonds is 1. The fourth-order valence-electron chi connectivity index (χ4n) is 2.54. The molecule has 3 rings (SSSR count). The molecular formula is C13H16O4. The number of benzene rings is 1. The molecule has 2 atom stereocenters. The average Bonchev–Trinajstić information content (AvgIpc) is 2.61. The van der Waals surface area contributed by atoms with Crippen molar-refractivity contribution in [3.05, 3.63) is 35.9 Å². The molecule has 2 aliphatic rings. The first-order valence-corrected chi connectivity index (χ1v) is 5.80. The van der Waals surface area contributed by atoms with Crippen LogP contribution in [0.15, 0.2) is 30.3 Å². The first-order valence-electron chi connectivity index (χ1n) is 5.80. The van der Waals surface area contributed by atoms with Gasteiger partial charge in [-0.25, -0.2) is 9.78 Å². The number of hydrogen-bond donors (Lipinski definition) is 0. The maximum atomic E-state index is 6.10. The quantitative estimate of drug-likeness (QED) is 0.699. The summed E-state index contributed by atoms with van der Waals surface area (Å²) in [5, 5.41) is 0. The summed E-state index contributed by atoms with van der Waals surface area (Å²) in [4.78, 5) is 10.1. The van der Waals surface area contributed by atoms with Crippen LogP contribution in [0.1, 0.15) is 19.4 Å². The van der Waals surface area contributed by atoms with Gasteiger partial charge >= 0.3 is 0 Å². The normalized spacial score (nSPS) is 35.5. The highest BCUT2D eigenvalue weighted by Crippen LogP contribution is 2.45. The van der Waals surface area contributed by atoms with Crippen molar-refractivity contribution in [1.82, 2.24) is 0 Å². The molecule has 0 aromatic heterocycles. The summed E-state index contributed by atoms with van der Waals surface area (Å²) in [7, 11) is 0. The Morgan fingerprint density at radius 2 is 1.88 bits per heavy atom. The van der Waals surface area contributed by atoms with Gasteiger partial charge in [0.05, 0.1) is 0 Å². The zero-order valence-corrected chi connectivity index (χ0v) is 10.0. The SMILES string of the molecule is CC1(C)O[C@@H]2COOC[C@]2(c2ccccc2)O1. The van der Waals surface area contributed by atoms with Crippen LogP contribution in [0.25, 0.3) is 0 Å². The van der Waals surface area contributed by atoms with E-state index in [1.165, 1.54) is 0 Å². The van der Waals surface area contributed by atoms with Crippen LogP contribution in [0.4, 0.5) is 0 Å². The monoisotopic (exact) mass is 236 g/mol.